The van der Waals surface area contributed by atoms with Gasteiger partial charge in [0.15, 0.2) is 0 Å². The van der Waals surface area contributed by atoms with Gasteiger partial charge in [-0.1, -0.05) is 6.07 Å². The topological polar surface area (TPSA) is 56.2 Å². The van der Waals surface area contributed by atoms with Gasteiger partial charge in [0.25, 0.3) is 0 Å². The summed E-state index contributed by atoms with van der Waals surface area (Å²) in [5.74, 6) is 1.39. The molecule has 0 radical (unpaired) electrons. The molecule has 0 bridgehead atoms. The number of hydrogen-bond donors (Lipinski definition) is 1. The van der Waals surface area contributed by atoms with Gasteiger partial charge in [0.1, 0.15) is 17.0 Å². The van der Waals surface area contributed by atoms with Crippen LogP contribution in [0.2, 0.25) is 0 Å². The van der Waals surface area contributed by atoms with E-state index >= 15 is 0 Å². The van der Waals surface area contributed by atoms with Crippen LogP contribution in [0.5, 0.6) is 11.5 Å². The lowest BCUT2D eigenvalue weighted by atomic mass is 10.2. The number of aromatic amines is 1. The van der Waals surface area contributed by atoms with Crippen molar-refractivity contribution in [1.82, 2.24) is 9.55 Å². The van der Waals surface area contributed by atoms with Gasteiger partial charge in [0.05, 0.1) is 25.4 Å². The van der Waals surface area contributed by atoms with Crippen molar-refractivity contribution in [2.45, 2.75) is 0 Å². The molecule has 1 N–H and O–H groups in total. The van der Waals surface area contributed by atoms with E-state index in [2.05, 4.69) is 4.98 Å². The van der Waals surface area contributed by atoms with Crippen molar-refractivity contribution in [3.8, 4) is 17.2 Å². The highest BCUT2D eigenvalue weighted by Gasteiger charge is 2.11. The maximum Gasteiger partial charge on any atom is 0.331 e. The van der Waals surface area contributed by atoms with E-state index in [9.17, 15) is 4.79 Å². The Kier molecular flexibility index (Phi) is 2.95. The Bertz CT molecular complexity index is 800. The molecule has 2 aromatic carbocycles. The number of imidazole rings is 1. The summed E-state index contributed by atoms with van der Waals surface area (Å²) >= 11 is 0. The van der Waals surface area contributed by atoms with Crippen molar-refractivity contribution in [2.24, 2.45) is 0 Å². The fourth-order valence-corrected chi connectivity index (χ4v) is 2.26. The van der Waals surface area contributed by atoms with Gasteiger partial charge in [-0.15, -0.1) is 0 Å². The molecule has 5 nitrogen and oxygen atoms in total. The van der Waals surface area contributed by atoms with Crippen LogP contribution in [0.3, 0.4) is 0 Å². The van der Waals surface area contributed by atoms with Crippen molar-refractivity contribution in [3.05, 3.63) is 52.9 Å². The lowest BCUT2D eigenvalue weighted by molar-refractivity contribution is 0.414. The number of hydrogen-bond acceptors (Lipinski definition) is 3. The molecule has 0 fully saturated rings. The largest absolute Gasteiger partial charge is 0.497 e. The molecule has 102 valence electrons. The molecule has 20 heavy (non-hydrogen) atoms. The molecule has 3 aromatic rings. The van der Waals surface area contributed by atoms with Crippen LogP contribution in [-0.2, 0) is 0 Å². The number of ether oxygens (including phenoxy) is 2. The Morgan fingerprint density at radius 2 is 1.75 bits per heavy atom. The Labute approximate surface area is 115 Å². The van der Waals surface area contributed by atoms with E-state index in [0.29, 0.717) is 11.3 Å². The first-order valence-electron chi connectivity index (χ1n) is 6.17. The SMILES string of the molecule is COc1ccc(-n2c(=O)[nH]c3c(OC)cccc32)cc1. The first-order valence-corrected chi connectivity index (χ1v) is 6.17. The number of aromatic nitrogens is 2. The summed E-state index contributed by atoms with van der Waals surface area (Å²) in [6, 6.07) is 12.9. The summed E-state index contributed by atoms with van der Waals surface area (Å²) < 4.78 is 12.0. The molecule has 0 saturated carbocycles. The van der Waals surface area contributed by atoms with E-state index in [4.69, 9.17) is 9.47 Å². The molecule has 0 unspecified atom stereocenters. The van der Waals surface area contributed by atoms with Crippen LogP contribution in [0.4, 0.5) is 0 Å². The lowest BCUT2D eigenvalue weighted by Gasteiger charge is -2.06. The fraction of sp³-hybridized carbons (Fsp3) is 0.133. The van der Waals surface area contributed by atoms with Crippen molar-refractivity contribution in [3.63, 3.8) is 0 Å². The highest BCUT2D eigenvalue weighted by molar-refractivity contribution is 5.83. The average molecular weight is 270 g/mol. The third-order valence-corrected chi connectivity index (χ3v) is 3.23. The number of benzene rings is 2. The molecular formula is C15H14N2O3. The molecule has 0 aliphatic carbocycles. The summed E-state index contributed by atoms with van der Waals surface area (Å²) in [6.45, 7) is 0. The Balaban J connectivity index is 2.25. The molecule has 5 heteroatoms. The highest BCUT2D eigenvalue weighted by atomic mass is 16.5. The second-order valence-electron chi connectivity index (χ2n) is 4.32. The van der Waals surface area contributed by atoms with E-state index in [1.165, 1.54) is 0 Å². The van der Waals surface area contributed by atoms with E-state index in [1.807, 2.05) is 42.5 Å². The fourth-order valence-electron chi connectivity index (χ4n) is 2.26. The maximum absolute atomic E-state index is 12.2. The molecule has 0 aliphatic rings. The van der Waals surface area contributed by atoms with Crippen LogP contribution in [0.25, 0.3) is 16.7 Å². The van der Waals surface area contributed by atoms with Gasteiger partial charge >= 0.3 is 5.69 Å². The van der Waals surface area contributed by atoms with Crippen LogP contribution in [0, 0.1) is 0 Å². The smallest absolute Gasteiger partial charge is 0.331 e. The summed E-state index contributed by atoms with van der Waals surface area (Å²) in [7, 11) is 3.19. The minimum atomic E-state index is -0.199. The molecule has 0 aliphatic heterocycles. The second-order valence-corrected chi connectivity index (χ2v) is 4.32. The summed E-state index contributed by atoms with van der Waals surface area (Å²) in [5.41, 5.74) is 2.04. The monoisotopic (exact) mass is 270 g/mol. The first-order chi connectivity index (χ1) is 9.74. The molecule has 1 heterocycles. The standard InChI is InChI=1S/C15H14N2O3/c1-19-11-8-6-10(7-9-11)17-12-4-3-5-13(20-2)14(12)16-15(17)18/h3-9H,1-2H3,(H,16,18). The second kappa shape index (κ2) is 4.77. The minimum absolute atomic E-state index is 0.199. The average Bonchev–Trinajstić information content (AvgIpc) is 2.83. The number of methoxy groups -OCH3 is 2. The molecule has 0 spiro atoms. The summed E-state index contributed by atoms with van der Waals surface area (Å²) in [6.07, 6.45) is 0. The van der Waals surface area contributed by atoms with Gasteiger partial charge in [-0.05, 0) is 36.4 Å². The van der Waals surface area contributed by atoms with Gasteiger partial charge in [-0.3, -0.25) is 4.57 Å². The molecular weight excluding hydrogens is 256 g/mol. The molecule has 3 rings (SSSR count). The number of H-pyrrole nitrogens is 1. The molecule has 0 saturated heterocycles. The van der Waals surface area contributed by atoms with Gasteiger partial charge in [-0.2, -0.15) is 0 Å². The van der Waals surface area contributed by atoms with Crippen LogP contribution in [0.1, 0.15) is 0 Å². The zero-order valence-electron chi connectivity index (χ0n) is 11.2. The molecule has 0 atom stereocenters. The van der Waals surface area contributed by atoms with Gasteiger partial charge in [0.2, 0.25) is 0 Å². The van der Waals surface area contributed by atoms with E-state index < -0.39 is 0 Å². The third-order valence-electron chi connectivity index (χ3n) is 3.23. The number of nitrogens with zero attached hydrogens (tertiary/aromatic N) is 1. The van der Waals surface area contributed by atoms with Crippen molar-refractivity contribution in [1.29, 1.82) is 0 Å². The highest BCUT2D eigenvalue weighted by Crippen LogP contribution is 2.24. The van der Waals surface area contributed by atoms with Gasteiger partial charge < -0.3 is 14.5 Å². The quantitative estimate of drug-likeness (QED) is 0.794. The van der Waals surface area contributed by atoms with E-state index in [1.54, 1.807) is 18.8 Å². The number of fused-ring (bicyclic) bond motifs is 1. The third kappa shape index (κ3) is 1.84. The Hall–Kier alpha value is -2.69. The Morgan fingerprint density at radius 3 is 2.40 bits per heavy atom. The lowest BCUT2D eigenvalue weighted by Crippen LogP contribution is -2.14. The minimum Gasteiger partial charge on any atom is -0.497 e. The summed E-state index contributed by atoms with van der Waals surface area (Å²) in [5, 5.41) is 0. The first kappa shape index (κ1) is 12.3. The number of rotatable bonds is 3. The van der Waals surface area contributed by atoms with Crippen molar-refractivity contribution >= 4 is 11.0 Å². The predicted octanol–water partition coefficient (Wildman–Crippen LogP) is 2.34. The van der Waals surface area contributed by atoms with E-state index in [0.717, 1.165) is 17.0 Å². The van der Waals surface area contributed by atoms with Crippen LogP contribution in [-0.4, -0.2) is 23.8 Å². The maximum atomic E-state index is 12.2. The van der Waals surface area contributed by atoms with Crippen LogP contribution < -0.4 is 15.2 Å². The van der Waals surface area contributed by atoms with Crippen molar-refractivity contribution in [2.75, 3.05) is 14.2 Å². The van der Waals surface area contributed by atoms with Gasteiger partial charge in [0, 0.05) is 0 Å². The van der Waals surface area contributed by atoms with Crippen LogP contribution >= 0.6 is 0 Å². The molecule has 0 amide bonds. The number of para-hydroxylation sites is 1. The zero-order valence-corrected chi connectivity index (χ0v) is 11.2. The Morgan fingerprint density at radius 1 is 1.00 bits per heavy atom. The van der Waals surface area contributed by atoms with Crippen LogP contribution in [0.15, 0.2) is 47.3 Å². The van der Waals surface area contributed by atoms with Gasteiger partial charge in [-0.25, -0.2) is 4.79 Å². The van der Waals surface area contributed by atoms with E-state index in [-0.39, 0.29) is 5.69 Å². The van der Waals surface area contributed by atoms with Crippen molar-refractivity contribution < 1.29 is 9.47 Å². The predicted molar refractivity (Wildman–Crippen MR) is 77.0 cm³/mol. The molecule has 1 aromatic heterocycles. The zero-order chi connectivity index (χ0) is 14.1. The summed E-state index contributed by atoms with van der Waals surface area (Å²) in [4.78, 5) is 15.0. The normalized spacial score (nSPS) is 10.7. The number of nitrogens with one attached hydrogen (secondary N) is 1.